The molecule has 0 saturated heterocycles. The number of rotatable bonds is 5. The Morgan fingerprint density at radius 2 is 1.15 bits per heavy atom. The third kappa shape index (κ3) is 11.2. The van der Waals surface area contributed by atoms with Crippen LogP contribution >= 0.6 is 0 Å². The molecule has 4 heteroatoms. The fourth-order valence-corrected chi connectivity index (χ4v) is 0.938. The molecule has 0 spiro atoms. The van der Waals surface area contributed by atoms with Crippen LogP contribution in [0.2, 0.25) is 0 Å². The highest BCUT2D eigenvalue weighted by atomic mass is 17.2. The fraction of sp³-hybridized carbons (Fsp3) is 0.875. The molecule has 0 saturated carbocycles. The largest absolute Gasteiger partial charge is 0.230 e. The summed E-state index contributed by atoms with van der Waals surface area (Å²) in [6.07, 6.45) is -0.622. The molecule has 0 aromatic carbocycles. The van der Waals surface area contributed by atoms with E-state index in [1.165, 1.54) is 0 Å². The Bertz CT molecular complexity index is 325. The lowest BCUT2D eigenvalue weighted by Crippen LogP contribution is -2.27. The minimum Gasteiger partial charge on any atom is -0.230 e. The summed E-state index contributed by atoms with van der Waals surface area (Å²) >= 11 is 0. The van der Waals surface area contributed by atoms with E-state index in [4.69, 9.17) is 19.6 Å². The quantitative estimate of drug-likeness (QED) is 0.436. The van der Waals surface area contributed by atoms with Crippen molar-refractivity contribution in [2.75, 3.05) is 0 Å². The minimum absolute atomic E-state index is 0.223. The van der Waals surface area contributed by atoms with Crippen molar-refractivity contribution in [3.63, 3.8) is 0 Å². The molecule has 2 unspecified atom stereocenters. The minimum atomic E-state index is -0.355. The highest BCUT2D eigenvalue weighted by Crippen LogP contribution is 2.13. The van der Waals surface area contributed by atoms with Crippen LogP contribution in [0.25, 0.3) is 0 Å². The molecular formula is C16H30O4. The Kier molecular flexibility index (Phi) is 7.75. The molecule has 0 aromatic heterocycles. The Balaban J connectivity index is 4.42. The highest BCUT2D eigenvalue weighted by molar-refractivity contribution is 5.09. The zero-order valence-corrected chi connectivity index (χ0v) is 14.4. The van der Waals surface area contributed by atoms with Gasteiger partial charge in [0, 0.05) is 0 Å². The SMILES string of the molecule is CC(C#CC(OOC(C)(C)C)C(C)C)OOC(C)(C)C. The van der Waals surface area contributed by atoms with Crippen molar-refractivity contribution in [1.82, 2.24) is 0 Å². The third-order valence-electron chi connectivity index (χ3n) is 1.88. The van der Waals surface area contributed by atoms with E-state index in [0.717, 1.165) is 0 Å². The van der Waals surface area contributed by atoms with Crippen molar-refractivity contribution >= 4 is 0 Å². The molecule has 20 heavy (non-hydrogen) atoms. The first-order valence-corrected chi connectivity index (χ1v) is 7.11. The van der Waals surface area contributed by atoms with E-state index in [2.05, 4.69) is 11.8 Å². The van der Waals surface area contributed by atoms with Gasteiger partial charge in [-0.2, -0.15) is 0 Å². The van der Waals surface area contributed by atoms with Crippen molar-refractivity contribution < 1.29 is 19.6 Å². The second kappa shape index (κ2) is 7.99. The molecule has 2 atom stereocenters. The van der Waals surface area contributed by atoms with Gasteiger partial charge in [0.05, 0.1) is 11.2 Å². The topological polar surface area (TPSA) is 36.9 Å². The van der Waals surface area contributed by atoms with Gasteiger partial charge in [0.2, 0.25) is 0 Å². The molecule has 0 aliphatic heterocycles. The summed E-state index contributed by atoms with van der Waals surface area (Å²) in [6.45, 7) is 17.5. The first kappa shape index (κ1) is 19.4. The summed E-state index contributed by atoms with van der Waals surface area (Å²) in [4.78, 5) is 21.2. The van der Waals surface area contributed by atoms with Gasteiger partial charge in [0.25, 0.3) is 0 Å². The zero-order valence-electron chi connectivity index (χ0n) is 14.4. The first-order chi connectivity index (χ1) is 8.91. The third-order valence-corrected chi connectivity index (χ3v) is 1.88. The average Bonchev–Trinajstić information content (AvgIpc) is 2.23. The Morgan fingerprint density at radius 1 is 0.700 bits per heavy atom. The molecule has 0 aromatic rings. The molecule has 0 radical (unpaired) electrons. The average molecular weight is 286 g/mol. The lowest BCUT2D eigenvalue weighted by atomic mass is 10.1. The predicted molar refractivity (Wildman–Crippen MR) is 79.7 cm³/mol. The predicted octanol–water partition coefficient (Wildman–Crippen LogP) is 3.90. The molecule has 0 aliphatic carbocycles. The Hall–Kier alpha value is -0.600. The highest BCUT2D eigenvalue weighted by Gasteiger charge is 2.18. The van der Waals surface area contributed by atoms with Crippen LogP contribution in [0, 0.1) is 17.8 Å². The summed E-state index contributed by atoms with van der Waals surface area (Å²) in [5.74, 6) is 6.22. The maximum Gasteiger partial charge on any atom is 0.155 e. The lowest BCUT2D eigenvalue weighted by Gasteiger charge is -2.22. The maximum atomic E-state index is 5.39. The van der Waals surface area contributed by atoms with E-state index in [1.54, 1.807) is 0 Å². The molecule has 0 N–H and O–H groups in total. The van der Waals surface area contributed by atoms with Gasteiger partial charge in [-0.05, 0) is 54.4 Å². The summed E-state index contributed by atoms with van der Waals surface area (Å²) in [5, 5.41) is 0. The van der Waals surface area contributed by atoms with Crippen LogP contribution in [0.1, 0.15) is 62.3 Å². The zero-order chi connectivity index (χ0) is 16.0. The smallest absolute Gasteiger partial charge is 0.155 e. The first-order valence-electron chi connectivity index (χ1n) is 7.11. The van der Waals surface area contributed by atoms with Crippen molar-refractivity contribution in [2.45, 2.75) is 85.7 Å². The molecule has 4 nitrogen and oxygen atoms in total. The summed E-state index contributed by atoms with van der Waals surface area (Å²) in [7, 11) is 0. The molecule has 0 aliphatic rings. The van der Waals surface area contributed by atoms with E-state index in [0.29, 0.717) is 0 Å². The van der Waals surface area contributed by atoms with E-state index in [-0.39, 0.29) is 29.3 Å². The second-order valence-corrected chi connectivity index (χ2v) is 7.18. The van der Waals surface area contributed by atoms with Crippen molar-refractivity contribution in [3.8, 4) is 11.8 Å². The van der Waals surface area contributed by atoms with Crippen LogP contribution in [0.3, 0.4) is 0 Å². The van der Waals surface area contributed by atoms with E-state index in [9.17, 15) is 0 Å². The molecule has 0 rings (SSSR count). The molecule has 0 bridgehead atoms. The van der Waals surface area contributed by atoms with Crippen LogP contribution in [-0.2, 0) is 19.6 Å². The van der Waals surface area contributed by atoms with Crippen LogP contribution in [0.15, 0.2) is 0 Å². The summed E-state index contributed by atoms with van der Waals surface area (Å²) < 4.78 is 0. The van der Waals surface area contributed by atoms with Gasteiger partial charge in [-0.25, -0.2) is 19.6 Å². The summed E-state index contributed by atoms with van der Waals surface area (Å²) in [5.41, 5.74) is -0.703. The van der Waals surface area contributed by atoms with Gasteiger partial charge in [-0.1, -0.05) is 25.7 Å². The van der Waals surface area contributed by atoms with E-state index >= 15 is 0 Å². The monoisotopic (exact) mass is 286 g/mol. The van der Waals surface area contributed by atoms with Crippen molar-refractivity contribution in [1.29, 1.82) is 0 Å². The van der Waals surface area contributed by atoms with Crippen LogP contribution in [-0.4, -0.2) is 23.4 Å². The van der Waals surface area contributed by atoms with Gasteiger partial charge >= 0.3 is 0 Å². The molecule has 0 amide bonds. The van der Waals surface area contributed by atoms with Crippen LogP contribution < -0.4 is 0 Å². The Labute approximate surface area is 124 Å². The molecule has 0 heterocycles. The van der Waals surface area contributed by atoms with Gasteiger partial charge in [0.1, 0.15) is 0 Å². The Morgan fingerprint density at radius 3 is 1.55 bits per heavy atom. The van der Waals surface area contributed by atoms with Gasteiger partial charge < -0.3 is 0 Å². The van der Waals surface area contributed by atoms with Crippen LogP contribution in [0.5, 0.6) is 0 Å². The van der Waals surface area contributed by atoms with E-state index in [1.807, 2.05) is 62.3 Å². The van der Waals surface area contributed by atoms with Gasteiger partial charge in [-0.15, -0.1) is 0 Å². The van der Waals surface area contributed by atoms with Gasteiger partial charge in [0.15, 0.2) is 12.2 Å². The van der Waals surface area contributed by atoms with Gasteiger partial charge in [-0.3, -0.25) is 0 Å². The molecule has 0 fully saturated rings. The van der Waals surface area contributed by atoms with Crippen LogP contribution in [0.4, 0.5) is 0 Å². The summed E-state index contributed by atoms with van der Waals surface area (Å²) in [6, 6.07) is 0. The molecular weight excluding hydrogens is 256 g/mol. The van der Waals surface area contributed by atoms with E-state index < -0.39 is 0 Å². The van der Waals surface area contributed by atoms with Crippen molar-refractivity contribution in [3.05, 3.63) is 0 Å². The van der Waals surface area contributed by atoms with Crippen molar-refractivity contribution in [2.24, 2.45) is 5.92 Å². The standard InChI is InChI=1S/C16H30O4/c1-12(2)14(18-20-16(7,8)9)11-10-13(3)17-19-15(4,5)6/h12-14H,1-9H3. The maximum absolute atomic E-state index is 5.39. The number of hydrogen-bond donors (Lipinski definition) is 0. The second-order valence-electron chi connectivity index (χ2n) is 7.18. The lowest BCUT2D eigenvalue weighted by molar-refractivity contribution is -0.368. The normalized spacial score (nSPS) is 15.7. The number of hydrogen-bond acceptors (Lipinski definition) is 4. The fourth-order valence-electron chi connectivity index (χ4n) is 0.938. The molecule has 118 valence electrons.